The van der Waals surface area contributed by atoms with Gasteiger partial charge in [0.25, 0.3) is 0 Å². The summed E-state index contributed by atoms with van der Waals surface area (Å²) >= 11 is 3.47. The Bertz CT molecular complexity index is 508. The van der Waals surface area contributed by atoms with E-state index in [1.165, 1.54) is 5.56 Å². The van der Waals surface area contributed by atoms with E-state index in [9.17, 15) is 0 Å². The Morgan fingerprint density at radius 2 is 2.24 bits per heavy atom. The van der Waals surface area contributed by atoms with E-state index in [-0.39, 0.29) is 0 Å². The van der Waals surface area contributed by atoms with Crippen molar-refractivity contribution < 1.29 is 4.42 Å². The molecule has 4 heteroatoms. The minimum atomic E-state index is 0.670. The highest BCUT2D eigenvalue weighted by Crippen LogP contribution is 2.27. The first-order valence-corrected chi connectivity index (χ1v) is 6.42. The van der Waals surface area contributed by atoms with E-state index in [1.807, 2.05) is 12.1 Å². The third-order valence-corrected chi connectivity index (χ3v) is 3.04. The summed E-state index contributed by atoms with van der Waals surface area (Å²) < 4.78 is 6.76. The summed E-state index contributed by atoms with van der Waals surface area (Å²) in [4.78, 5) is 4.26. The minimum absolute atomic E-state index is 0.670. The number of hydrogen-bond acceptors (Lipinski definition) is 3. The van der Waals surface area contributed by atoms with Crippen molar-refractivity contribution in [1.82, 2.24) is 10.3 Å². The van der Waals surface area contributed by atoms with Crippen LogP contribution in [0.25, 0.3) is 11.3 Å². The van der Waals surface area contributed by atoms with Crippen LogP contribution in [0, 0.1) is 6.92 Å². The summed E-state index contributed by atoms with van der Waals surface area (Å²) in [5.74, 6) is 1.54. The standard InChI is InChI=1S/C13H15BrN2O/c1-3-15-8-13-16-7-12(17-13)11-6-10(14)5-4-9(11)2/h4-7,15H,3,8H2,1-2H3. The van der Waals surface area contributed by atoms with Crippen LogP contribution in [0.4, 0.5) is 0 Å². The van der Waals surface area contributed by atoms with Gasteiger partial charge in [-0.2, -0.15) is 0 Å². The van der Waals surface area contributed by atoms with Crippen molar-refractivity contribution in [3.8, 4) is 11.3 Å². The lowest BCUT2D eigenvalue weighted by atomic mass is 10.1. The van der Waals surface area contributed by atoms with E-state index in [1.54, 1.807) is 6.20 Å². The highest BCUT2D eigenvalue weighted by Gasteiger charge is 2.08. The van der Waals surface area contributed by atoms with Gasteiger partial charge >= 0.3 is 0 Å². The van der Waals surface area contributed by atoms with Crippen LogP contribution in [0.15, 0.2) is 33.3 Å². The third-order valence-electron chi connectivity index (χ3n) is 2.54. The predicted molar refractivity (Wildman–Crippen MR) is 71.8 cm³/mol. The first-order valence-electron chi connectivity index (χ1n) is 5.62. The fourth-order valence-electron chi connectivity index (χ4n) is 1.61. The lowest BCUT2D eigenvalue weighted by molar-refractivity contribution is 0.482. The summed E-state index contributed by atoms with van der Waals surface area (Å²) in [6, 6.07) is 6.13. The zero-order valence-corrected chi connectivity index (χ0v) is 11.5. The molecule has 0 amide bonds. The number of rotatable bonds is 4. The molecule has 0 aliphatic heterocycles. The molecule has 1 heterocycles. The van der Waals surface area contributed by atoms with Gasteiger partial charge in [0.05, 0.1) is 12.7 Å². The predicted octanol–water partition coefficient (Wildman–Crippen LogP) is 3.52. The molecule has 0 bridgehead atoms. The number of aryl methyl sites for hydroxylation is 1. The molecule has 2 aromatic rings. The van der Waals surface area contributed by atoms with Gasteiger partial charge in [-0.15, -0.1) is 0 Å². The maximum Gasteiger partial charge on any atom is 0.208 e. The van der Waals surface area contributed by atoms with Gasteiger partial charge in [0.15, 0.2) is 5.76 Å². The molecule has 1 aromatic carbocycles. The van der Waals surface area contributed by atoms with E-state index >= 15 is 0 Å². The summed E-state index contributed by atoms with van der Waals surface area (Å²) in [7, 11) is 0. The number of halogens is 1. The van der Waals surface area contributed by atoms with E-state index in [2.05, 4.69) is 46.1 Å². The third kappa shape index (κ3) is 2.96. The molecule has 90 valence electrons. The van der Waals surface area contributed by atoms with Gasteiger partial charge in [-0.05, 0) is 31.2 Å². The minimum Gasteiger partial charge on any atom is -0.439 e. The largest absolute Gasteiger partial charge is 0.439 e. The molecule has 17 heavy (non-hydrogen) atoms. The maximum absolute atomic E-state index is 5.71. The molecular formula is C13H15BrN2O. The number of aromatic nitrogens is 1. The fraction of sp³-hybridized carbons (Fsp3) is 0.308. The number of hydrogen-bond donors (Lipinski definition) is 1. The fourth-order valence-corrected chi connectivity index (χ4v) is 1.97. The van der Waals surface area contributed by atoms with Crippen LogP contribution in [0.5, 0.6) is 0 Å². The second-order valence-electron chi connectivity index (χ2n) is 3.86. The molecule has 0 atom stereocenters. The molecule has 1 aromatic heterocycles. The van der Waals surface area contributed by atoms with Gasteiger partial charge in [0.2, 0.25) is 5.89 Å². The molecule has 0 saturated heterocycles. The van der Waals surface area contributed by atoms with Crippen molar-refractivity contribution in [3.05, 3.63) is 40.3 Å². The van der Waals surface area contributed by atoms with Gasteiger partial charge in [0.1, 0.15) is 0 Å². The molecule has 0 aliphatic carbocycles. The van der Waals surface area contributed by atoms with Crippen LogP contribution >= 0.6 is 15.9 Å². The molecule has 3 nitrogen and oxygen atoms in total. The second-order valence-corrected chi connectivity index (χ2v) is 4.77. The Kier molecular flexibility index (Phi) is 3.97. The average molecular weight is 295 g/mol. The highest BCUT2D eigenvalue weighted by molar-refractivity contribution is 9.10. The summed E-state index contributed by atoms with van der Waals surface area (Å²) in [6.45, 7) is 5.70. The zero-order chi connectivity index (χ0) is 12.3. The molecule has 0 fully saturated rings. The number of oxazole rings is 1. The van der Waals surface area contributed by atoms with E-state index < -0.39 is 0 Å². The van der Waals surface area contributed by atoms with Crippen molar-refractivity contribution >= 4 is 15.9 Å². The summed E-state index contributed by atoms with van der Waals surface area (Å²) in [5, 5.41) is 3.19. The van der Waals surface area contributed by atoms with Crippen molar-refractivity contribution in [2.24, 2.45) is 0 Å². The Balaban J connectivity index is 2.27. The molecule has 0 unspecified atom stereocenters. The zero-order valence-electron chi connectivity index (χ0n) is 9.96. The van der Waals surface area contributed by atoms with Crippen molar-refractivity contribution in [1.29, 1.82) is 0 Å². The number of benzene rings is 1. The SMILES string of the molecule is CCNCc1ncc(-c2cc(Br)ccc2C)o1. The van der Waals surface area contributed by atoms with Crippen molar-refractivity contribution in [2.75, 3.05) is 6.54 Å². The second kappa shape index (κ2) is 5.47. The molecule has 2 rings (SSSR count). The normalized spacial score (nSPS) is 10.8. The Morgan fingerprint density at radius 1 is 1.41 bits per heavy atom. The van der Waals surface area contributed by atoms with Crippen LogP contribution in [-0.4, -0.2) is 11.5 Å². The first-order chi connectivity index (χ1) is 8.20. The van der Waals surface area contributed by atoms with E-state index in [0.29, 0.717) is 6.54 Å². The van der Waals surface area contributed by atoms with Gasteiger partial charge in [-0.25, -0.2) is 4.98 Å². The van der Waals surface area contributed by atoms with E-state index in [0.717, 1.165) is 28.2 Å². The maximum atomic E-state index is 5.71. The van der Waals surface area contributed by atoms with Crippen molar-refractivity contribution in [3.63, 3.8) is 0 Å². The molecule has 1 N–H and O–H groups in total. The Hall–Kier alpha value is -1.13. The molecule has 0 radical (unpaired) electrons. The molecule has 0 spiro atoms. The van der Waals surface area contributed by atoms with Gasteiger partial charge in [-0.1, -0.05) is 28.9 Å². The summed E-state index contributed by atoms with van der Waals surface area (Å²) in [5.41, 5.74) is 2.26. The lowest BCUT2D eigenvalue weighted by Crippen LogP contribution is -2.11. The number of nitrogens with one attached hydrogen (secondary N) is 1. The molecule has 0 aliphatic rings. The topological polar surface area (TPSA) is 38.1 Å². The quantitative estimate of drug-likeness (QED) is 0.937. The van der Waals surface area contributed by atoms with Crippen molar-refractivity contribution in [2.45, 2.75) is 20.4 Å². The Labute approximate surface area is 109 Å². The van der Waals surface area contributed by atoms with Crippen LogP contribution in [-0.2, 0) is 6.54 Å². The van der Waals surface area contributed by atoms with Gasteiger partial charge in [-0.3, -0.25) is 0 Å². The van der Waals surface area contributed by atoms with E-state index in [4.69, 9.17) is 4.42 Å². The van der Waals surface area contributed by atoms with Crippen LogP contribution < -0.4 is 5.32 Å². The lowest BCUT2D eigenvalue weighted by Gasteiger charge is -2.02. The van der Waals surface area contributed by atoms with Crippen LogP contribution in [0.2, 0.25) is 0 Å². The van der Waals surface area contributed by atoms with Gasteiger partial charge in [0, 0.05) is 10.0 Å². The summed E-state index contributed by atoms with van der Waals surface area (Å²) in [6.07, 6.45) is 1.78. The average Bonchev–Trinajstić information content (AvgIpc) is 2.78. The monoisotopic (exact) mass is 294 g/mol. The van der Waals surface area contributed by atoms with Gasteiger partial charge < -0.3 is 9.73 Å². The molecular weight excluding hydrogens is 280 g/mol. The highest BCUT2D eigenvalue weighted by atomic mass is 79.9. The molecule has 0 saturated carbocycles. The Morgan fingerprint density at radius 3 is 3.00 bits per heavy atom. The van der Waals surface area contributed by atoms with Crippen LogP contribution in [0.1, 0.15) is 18.4 Å². The smallest absolute Gasteiger partial charge is 0.208 e. The van der Waals surface area contributed by atoms with Crippen LogP contribution in [0.3, 0.4) is 0 Å². The first kappa shape index (κ1) is 12.3. The number of nitrogens with zero attached hydrogens (tertiary/aromatic N) is 1.